The molecule has 0 radical (unpaired) electrons. The van der Waals surface area contributed by atoms with Gasteiger partial charge in [0, 0.05) is 5.39 Å². The lowest BCUT2D eigenvalue weighted by atomic mass is 10.00. The highest BCUT2D eigenvalue weighted by molar-refractivity contribution is 5.77. The van der Waals surface area contributed by atoms with E-state index in [4.69, 9.17) is 10.3 Å². The lowest BCUT2D eigenvalue weighted by molar-refractivity contribution is 0.417. The van der Waals surface area contributed by atoms with Crippen LogP contribution in [0.25, 0.3) is 11.0 Å². The number of nitrogens with one attached hydrogen (secondary N) is 1. The molecule has 3 heteroatoms. The zero-order valence-corrected chi connectivity index (χ0v) is 12.2. The van der Waals surface area contributed by atoms with Crippen molar-refractivity contribution < 1.29 is 4.42 Å². The summed E-state index contributed by atoms with van der Waals surface area (Å²) in [5.74, 6) is 6.61. The largest absolute Gasteiger partial charge is 0.459 e. The molecular weight excluding hydrogens is 260 g/mol. The van der Waals surface area contributed by atoms with Crippen LogP contribution in [-0.2, 0) is 6.42 Å². The van der Waals surface area contributed by atoms with Gasteiger partial charge in [-0.2, -0.15) is 0 Å². The first-order valence-electron chi connectivity index (χ1n) is 7.27. The predicted molar refractivity (Wildman–Crippen MR) is 85.8 cm³/mol. The number of para-hydroxylation sites is 1. The Morgan fingerprint density at radius 1 is 1.10 bits per heavy atom. The lowest BCUT2D eigenvalue weighted by Gasteiger charge is -2.14. The minimum absolute atomic E-state index is 0.0250. The third-order valence-electron chi connectivity index (χ3n) is 3.95. The van der Waals surface area contributed by atoms with E-state index in [1.807, 2.05) is 18.2 Å². The molecule has 0 aliphatic heterocycles. The van der Waals surface area contributed by atoms with E-state index in [0.717, 1.165) is 29.6 Å². The highest BCUT2D eigenvalue weighted by atomic mass is 16.3. The summed E-state index contributed by atoms with van der Waals surface area (Å²) in [6.45, 7) is 2.14. The summed E-state index contributed by atoms with van der Waals surface area (Å²) in [6.07, 6.45) is 1.87. The van der Waals surface area contributed by atoms with E-state index in [1.54, 1.807) is 0 Å². The molecule has 3 rings (SSSR count). The van der Waals surface area contributed by atoms with Crippen molar-refractivity contribution in [3.8, 4) is 0 Å². The van der Waals surface area contributed by atoms with Crippen LogP contribution in [-0.4, -0.2) is 0 Å². The molecule has 1 heterocycles. The predicted octanol–water partition coefficient (Wildman–Crippen LogP) is 3.88. The van der Waals surface area contributed by atoms with Crippen molar-refractivity contribution in [1.82, 2.24) is 5.43 Å². The summed E-state index contributed by atoms with van der Waals surface area (Å²) >= 11 is 0. The van der Waals surface area contributed by atoms with Crippen molar-refractivity contribution in [2.45, 2.75) is 25.8 Å². The monoisotopic (exact) mass is 280 g/mol. The lowest BCUT2D eigenvalue weighted by Crippen LogP contribution is -2.28. The zero-order valence-electron chi connectivity index (χ0n) is 12.2. The Hall–Kier alpha value is -2.10. The average molecular weight is 280 g/mol. The molecule has 3 N–H and O–H groups in total. The Bertz CT molecular complexity index is 700. The molecule has 0 saturated carbocycles. The average Bonchev–Trinajstić information content (AvgIpc) is 2.93. The van der Waals surface area contributed by atoms with Gasteiger partial charge in [0.25, 0.3) is 0 Å². The fourth-order valence-corrected chi connectivity index (χ4v) is 2.67. The second-order valence-electron chi connectivity index (χ2n) is 5.37. The van der Waals surface area contributed by atoms with Gasteiger partial charge in [0.15, 0.2) is 0 Å². The maximum Gasteiger partial charge on any atom is 0.134 e. The van der Waals surface area contributed by atoms with Crippen LogP contribution < -0.4 is 11.3 Å². The summed E-state index contributed by atoms with van der Waals surface area (Å²) in [5, 5.41) is 1.11. The van der Waals surface area contributed by atoms with Crippen molar-refractivity contribution in [2.24, 2.45) is 5.84 Å². The Labute approximate surface area is 124 Å². The number of aryl methyl sites for hydroxylation is 2. The summed E-state index contributed by atoms with van der Waals surface area (Å²) in [5.41, 5.74) is 6.45. The Balaban J connectivity index is 1.77. The molecule has 0 saturated heterocycles. The van der Waals surface area contributed by atoms with E-state index >= 15 is 0 Å². The molecule has 0 amide bonds. The number of hydrazine groups is 1. The zero-order chi connectivity index (χ0) is 14.7. The molecule has 1 unspecified atom stereocenters. The van der Waals surface area contributed by atoms with E-state index in [9.17, 15) is 0 Å². The van der Waals surface area contributed by atoms with Crippen LogP contribution in [0.3, 0.4) is 0 Å². The molecule has 0 aliphatic carbocycles. The van der Waals surface area contributed by atoms with E-state index in [1.165, 1.54) is 11.1 Å². The van der Waals surface area contributed by atoms with Gasteiger partial charge < -0.3 is 4.42 Å². The van der Waals surface area contributed by atoms with Crippen LogP contribution >= 0.6 is 0 Å². The minimum atomic E-state index is 0.0250. The van der Waals surface area contributed by atoms with Crippen LogP contribution in [0.4, 0.5) is 0 Å². The van der Waals surface area contributed by atoms with Gasteiger partial charge >= 0.3 is 0 Å². The standard InChI is InChI=1S/C18H20N2O/c1-13-6-2-3-7-14(13)10-11-16(20-19)18-12-15-8-4-5-9-17(15)21-18/h2-9,12,16,20H,10-11,19H2,1H3. The van der Waals surface area contributed by atoms with E-state index in [2.05, 4.69) is 48.7 Å². The maximum atomic E-state index is 5.90. The molecule has 21 heavy (non-hydrogen) atoms. The molecule has 0 aliphatic rings. The summed E-state index contributed by atoms with van der Waals surface area (Å²) in [4.78, 5) is 0. The second-order valence-corrected chi connectivity index (χ2v) is 5.37. The number of furan rings is 1. The van der Waals surface area contributed by atoms with Gasteiger partial charge in [-0.05, 0) is 43.0 Å². The van der Waals surface area contributed by atoms with Gasteiger partial charge in [-0.15, -0.1) is 0 Å². The smallest absolute Gasteiger partial charge is 0.134 e. The number of hydrogen-bond donors (Lipinski definition) is 2. The highest BCUT2D eigenvalue weighted by Gasteiger charge is 2.15. The van der Waals surface area contributed by atoms with E-state index in [-0.39, 0.29) is 6.04 Å². The molecule has 1 aromatic heterocycles. The van der Waals surface area contributed by atoms with Crippen LogP contribution in [0.5, 0.6) is 0 Å². The van der Waals surface area contributed by atoms with Crippen LogP contribution in [0, 0.1) is 6.92 Å². The van der Waals surface area contributed by atoms with Crippen molar-refractivity contribution in [2.75, 3.05) is 0 Å². The first kappa shape index (κ1) is 13.9. The van der Waals surface area contributed by atoms with Crippen molar-refractivity contribution in [3.05, 3.63) is 71.5 Å². The molecule has 3 aromatic rings. The first-order valence-corrected chi connectivity index (χ1v) is 7.27. The molecule has 3 nitrogen and oxygen atoms in total. The molecule has 0 fully saturated rings. The Morgan fingerprint density at radius 3 is 2.62 bits per heavy atom. The third kappa shape index (κ3) is 2.99. The topological polar surface area (TPSA) is 51.2 Å². The first-order chi connectivity index (χ1) is 10.3. The van der Waals surface area contributed by atoms with E-state index in [0.29, 0.717) is 0 Å². The van der Waals surface area contributed by atoms with E-state index < -0.39 is 0 Å². The number of benzene rings is 2. The number of hydrogen-bond acceptors (Lipinski definition) is 3. The molecular formula is C18H20N2O. The fraction of sp³-hybridized carbons (Fsp3) is 0.222. The van der Waals surface area contributed by atoms with Gasteiger partial charge in [-0.25, -0.2) is 5.43 Å². The van der Waals surface area contributed by atoms with Crippen LogP contribution in [0.1, 0.15) is 29.3 Å². The summed E-state index contributed by atoms with van der Waals surface area (Å²) in [6, 6.07) is 18.6. The normalized spacial score (nSPS) is 12.7. The molecule has 2 aromatic carbocycles. The Kier molecular flexibility index (Phi) is 4.04. The van der Waals surface area contributed by atoms with Gasteiger partial charge in [-0.1, -0.05) is 42.5 Å². The minimum Gasteiger partial charge on any atom is -0.459 e. The molecule has 0 bridgehead atoms. The molecule has 0 spiro atoms. The van der Waals surface area contributed by atoms with Crippen LogP contribution in [0.2, 0.25) is 0 Å². The molecule has 108 valence electrons. The summed E-state index contributed by atoms with van der Waals surface area (Å²) in [7, 11) is 0. The van der Waals surface area contributed by atoms with Gasteiger partial charge in [-0.3, -0.25) is 5.84 Å². The highest BCUT2D eigenvalue weighted by Crippen LogP contribution is 2.26. The van der Waals surface area contributed by atoms with Crippen molar-refractivity contribution in [1.29, 1.82) is 0 Å². The Morgan fingerprint density at radius 2 is 1.86 bits per heavy atom. The summed E-state index contributed by atoms with van der Waals surface area (Å²) < 4.78 is 5.90. The number of nitrogens with two attached hydrogens (primary N) is 1. The molecule has 1 atom stereocenters. The van der Waals surface area contributed by atoms with Crippen molar-refractivity contribution >= 4 is 11.0 Å². The second kappa shape index (κ2) is 6.12. The van der Waals surface area contributed by atoms with Gasteiger partial charge in [0.1, 0.15) is 11.3 Å². The van der Waals surface area contributed by atoms with Crippen LogP contribution in [0.15, 0.2) is 59.0 Å². The maximum absolute atomic E-state index is 5.90. The SMILES string of the molecule is Cc1ccccc1CCC(NN)c1cc2ccccc2o1. The number of fused-ring (bicyclic) bond motifs is 1. The fourth-order valence-electron chi connectivity index (χ4n) is 2.67. The van der Waals surface area contributed by atoms with Gasteiger partial charge in [0.2, 0.25) is 0 Å². The van der Waals surface area contributed by atoms with Gasteiger partial charge in [0.05, 0.1) is 6.04 Å². The van der Waals surface area contributed by atoms with Crippen molar-refractivity contribution in [3.63, 3.8) is 0 Å². The quantitative estimate of drug-likeness (QED) is 0.551. The third-order valence-corrected chi connectivity index (χ3v) is 3.95. The number of rotatable bonds is 5.